The molecule has 1 aliphatic heterocycles. The summed E-state index contributed by atoms with van der Waals surface area (Å²) in [6, 6.07) is 10.1. The SMILES string of the molecule is CCNc1ccnc(NC[C@H]2COc3ccccc3C2)n1. The van der Waals surface area contributed by atoms with E-state index in [4.69, 9.17) is 4.74 Å². The average molecular weight is 284 g/mol. The lowest BCUT2D eigenvalue weighted by molar-refractivity contribution is 0.229. The van der Waals surface area contributed by atoms with Gasteiger partial charge in [-0.2, -0.15) is 4.98 Å². The Morgan fingerprint density at radius 1 is 1.24 bits per heavy atom. The van der Waals surface area contributed by atoms with E-state index < -0.39 is 0 Å². The van der Waals surface area contributed by atoms with Gasteiger partial charge in [0.2, 0.25) is 5.95 Å². The van der Waals surface area contributed by atoms with Gasteiger partial charge in [0.15, 0.2) is 0 Å². The van der Waals surface area contributed by atoms with Crippen LogP contribution < -0.4 is 15.4 Å². The van der Waals surface area contributed by atoms with Crippen LogP contribution in [0.3, 0.4) is 0 Å². The fourth-order valence-corrected chi connectivity index (χ4v) is 2.48. The quantitative estimate of drug-likeness (QED) is 0.883. The normalized spacial score (nSPS) is 16.7. The van der Waals surface area contributed by atoms with Crippen molar-refractivity contribution < 1.29 is 4.74 Å². The molecule has 0 bridgehead atoms. The molecule has 0 amide bonds. The number of aromatic nitrogens is 2. The van der Waals surface area contributed by atoms with Crippen molar-refractivity contribution >= 4 is 11.8 Å². The van der Waals surface area contributed by atoms with Crippen LogP contribution in [0, 0.1) is 5.92 Å². The second-order valence-corrected chi connectivity index (χ2v) is 5.17. The molecule has 5 heteroatoms. The second kappa shape index (κ2) is 6.43. The molecule has 2 aromatic rings. The third-order valence-corrected chi connectivity index (χ3v) is 3.52. The molecule has 1 aliphatic rings. The van der Waals surface area contributed by atoms with Crippen LogP contribution in [0.4, 0.5) is 11.8 Å². The minimum Gasteiger partial charge on any atom is -0.493 e. The summed E-state index contributed by atoms with van der Waals surface area (Å²) in [6.45, 7) is 4.44. The summed E-state index contributed by atoms with van der Waals surface area (Å²) in [4.78, 5) is 8.66. The van der Waals surface area contributed by atoms with Crippen LogP contribution in [0.25, 0.3) is 0 Å². The molecule has 0 fully saturated rings. The van der Waals surface area contributed by atoms with E-state index in [9.17, 15) is 0 Å². The number of hydrogen-bond donors (Lipinski definition) is 2. The van der Waals surface area contributed by atoms with Crippen LogP contribution in [0.1, 0.15) is 12.5 Å². The van der Waals surface area contributed by atoms with E-state index in [0.29, 0.717) is 11.9 Å². The Kier molecular flexibility index (Phi) is 4.19. The van der Waals surface area contributed by atoms with Gasteiger partial charge in [-0.05, 0) is 31.0 Å². The fraction of sp³-hybridized carbons (Fsp3) is 0.375. The molecule has 0 saturated carbocycles. The Labute approximate surface area is 124 Å². The molecule has 1 aromatic carbocycles. The van der Waals surface area contributed by atoms with E-state index in [0.717, 1.165) is 37.7 Å². The maximum atomic E-state index is 5.79. The highest BCUT2D eigenvalue weighted by Crippen LogP contribution is 2.26. The first-order chi connectivity index (χ1) is 10.3. The van der Waals surface area contributed by atoms with Crippen molar-refractivity contribution in [3.8, 4) is 5.75 Å². The number of benzene rings is 1. The van der Waals surface area contributed by atoms with Crippen molar-refractivity contribution in [3.63, 3.8) is 0 Å². The Morgan fingerprint density at radius 3 is 3.05 bits per heavy atom. The summed E-state index contributed by atoms with van der Waals surface area (Å²) in [5.41, 5.74) is 1.28. The Bertz CT molecular complexity index is 602. The monoisotopic (exact) mass is 284 g/mol. The number of rotatable bonds is 5. The van der Waals surface area contributed by atoms with Crippen molar-refractivity contribution in [1.82, 2.24) is 9.97 Å². The van der Waals surface area contributed by atoms with Crippen LogP contribution >= 0.6 is 0 Å². The van der Waals surface area contributed by atoms with Crippen molar-refractivity contribution in [2.24, 2.45) is 5.92 Å². The Hall–Kier alpha value is -2.30. The lowest BCUT2D eigenvalue weighted by Gasteiger charge is -2.25. The smallest absolute Gasteiger partial charge is 0.224 e. The third kappa shape index (κ3) is 3.42. The van der Waals surface area contributed by atoms with Crippen molar-refractivity contribution in [1.29, 1.82) is 0 Å². The lowest BCUT2D eigenvalue weighted by atomic mass is 9.97. The van der Waals surface area contributed by atoms with E-state index in [1.54, 1.807) is 6.20 Å². The van der Waals surface area contributed by atoms with Gasteiger partial charge in [0, 0.05) is 25.2 Å². The Morgan fingerprint density at radius 2 is 2.14 bits per heavy atom. The summed E-state index contributed by atoms with van der Waals surface area (Å²) in [5, 5.41) is 6.48. The van der Waals surface area contributed by atoms with Gasteiger partial charge in [0.1, 0.15) is 11.6 Å². The molecular formula is C16H20N4O. The predicted octanol–water partition coefficient (Wildman–Crippen LogP) is 2.57. The third-order valence-electron chi connectivity index (χ3n) is 3.52. The zero-order valence-electron chi connectivity index (χ0n) is 12.2. The molecule has 2 heterocycles. The number of nitrogens with one attached hydrogen (secondary N) is 2. The van der Waals surface area contributed by atoms with Crippen molar-refractivity contribution in [2.75, 3.05) is 30.3 Å². The first-order valence-corrected chi connectivity index (χ1v) is 7.36. The van der Waals surface area contributed by atoms with Crippen LogP contribution in [0.15, 0.2) is 36.5 Å². The summed E-state index contributed by atoms with van der Waals surface area (Å²) in [6.07, 6.45) is 2.79. The number of anilines is 2. The van der Waals surface area contributed by atoms with Gasteiger partial charge in [-0.25, -0.2) is 4.98 Å². The number of hydrogen-bond acceptors (Lipinski definition) is 5. The van der Waals surface area contributed by atoms with Gasteiger partial charge < -0.3 is 15.4 Å². The molecule has 21 heavy (non-hydrogen) atoms. The average Bonchev–Trinajstić information content (AvgIpc) is 2.53. The summed E-state index contributed by atoms with van der Waals surface area (Å²) in [5.74, 6) is 2.96. The van der Waals surface area contributed by atoms with Crippen LogP contribution in [-0.2, 0) is 6.42 Å². The van der Waals surface area contributed by atoms with Gasteiger partial charge in [-0.1, -0.05) is 18.2 Å². The summed E-state index contributed by atoms with van der Waals surface area (Å²) in [7, 11) is 0. The van der Waals surface area contributed by atoms with E-state index in [2.05, 4.69) is 32.7 Å². The second-order valence-electron chi connectivity index (χ2n) is 5.17. The highest BCUT2D eigenvalue weighted by atomic mass is 16.5. The first-order valence-electron chi connectivity index (χ1n) is 7.36. The number of fused-ring (bicyclic) bond motifs is 1. The zero-order chi connectivity index (χ0) is 14.5. The van der Waals surface area contributed by atoms with Crippen molar-refractivity contribution in [2.45, 2.75) is 13.3 Å². The fourth-order valence-electron chi connectivity index (χ4n) is 2.48. The molecule has 3 rings (SSSR count). The van der Waals surface area contributed by atoms with Crippen LogP contribution in [0.2, 0.25) is 0 Å². The summed E-state index contributed by atoms with van der Waals surface area (Å²) >= 11 is 0. The van der Waals surface area contributed by atoms with E-state index in [1.807, 2.05) is 25.1 Å². The van der Waals surface area contributed by atoms with Crippen LogP contribution in [-0.4, -0.2) is 29.7 Å². The molecule has 0 radical (unpaired) electrons. The minimum atomic E-state index is 0.436. The molecule has 1 aromatic heterocycles. The maximum absolute atomic E-state index is 5.79. The molecule has 0 aliphatic carbocycles. The first kappa shape index (κ1) is 13.7. The number of para-hydroxylation sites is 1. The van der Waals surface area contributed by atoms with Crippen LogP contribution in [0.5, 0.6) is 5.75 Å². The zero-order valence-corrected chi connectivity index (χ0v) is 12.2. The van der Waals surface area contributed by atoms with E-state index >= 15 is 0 Å². The number of nitrogens with zero attached hydrogens (tertiary/aromatic N) is 2. The van der Waals surface area contributed by atoms with Crippen molar-refractivity contribution in [3.05, 3.63) is 42.1 Å². The lowest BCUT2D eigenvalue weighted by Crippen LogP contribution is -2.27. The van der Waals surface area contributed by atoms with E-state index in [-0.39, 0.29) is 0 Å². The molecule has 2 N–H and O–H groups in total. The minimum absolute atomic E-state index is 0.436. The molecule has 0 unspecified atom stereocenters. The molecule has 0 spiro atoms. The largest absolute Gasteiger partial charge is 0.493 e. The highest BCUT2D eigenvalue weighted by molar-refractivity contribution is 5.40. The topological polar surface area (TPSA) is 59.1 Å². The number of ether oxygens (including phenoxy) is 1. The predicted molar refractivity (Wildman–Crippen MR) is 83.8 cm³/mol. The van der Waals surface area contributed by atoms with Gasteiger partial charge in [0.25, 0.3) is 0 Å². The Balaban J connectivity index is 1.58. The van der Waals surface area contributed by atoms with E-state index in [1.165, 1.54) is 5.56 Å². The molecule has 1 atom stereocenters. The van der Waals surface area contributed by atoms with Gasteiger partial charge in [-0.15, -0.1) is 0 Å². The molecule has 110 valence electrons. The molecule has 0 saturated heterocycles. The maximum Gasteiger partial charge on any atom is 0.224 e. The molecule has 5 nitrogen and oxygen atoms in total. The summed E-state index contributed by atoms with van der Waals surface area (Å²) < 4.78 is 5.79. The highest BCUT2D eigenvalue weighted by Gasteiger charge is 2.19. The van der Waals surface area contributed by atoms with Gasteiger partial charge >= 0.3 is 0 Å². The van der Waals surface area contributed by atoms with Gasteiger partial charge in [0.05, 0.1) is 6.61 Å². The van der Waals surface area contributed by atoms with Gasteiger partial charge in [-0.3, -0.25) is 0 Å². The molecular weight excluding hydrogens is 264 g/mol. The standard InChI is InChI=1S/C16H20N4O/c1-2-17-15-7-8-18-16(20-15)19-10-12-9-13-5-3-4-6-14(13)21-11-12/h3-8,12H,2,9-11H2,1H3,(H2,17,18,19,20)/t12-/m0/s1.